The van der Waals surface area contributed by atoms with Gasteiger partial charge in [0.2, 0.25) is 0 Å². The number of anilines is 1. The van der Waals surface area contributed by atoms with Crippen molar-refractivity contribution in [2.75, 3.05) is 19.5 Å². The Morgan fingerprint density at radius 2 is 1.90 bits per heavy atom. The van der Waals surface area contributed by atoms with Gasteiger partial charge >= 0.3 is 0 Å². The van der Waals surface area contributed by atoms with E-state index in [1.54, 1.807) is 31.4 Å². The summed E-state index contributed by atoms with van der Waals surface area (Å²) >= 11 is 0. The summed E-state index contributed by atoms with van der Waals surface area (Å²) in [6.45, 7) is 0.770. The van der Waals surface area contributed by atoms with E-state index in [4.69, 9.17) is 4.74 Å². The van der Waals surface area contributed by atoms with Gasteiger partial charge in [0.15, 0.2) is 0 Å². The Bertz CT molecular complexity index is 579. The molecule has 0 heterocycles. The number of methoxy groups -OCH3 is 1. The molecule has 2 aromatic carbocycles. The van der Waals surface area contributed by atoms with Crippen molar-refractivity contribution in [3.63, 3.8) is 0 Å². The van der Waals surface area contributed by atoms with Crippen LogP contribution in [0.3, 0.4) is 0 Å². The second kappa shape index (κ2) is 6.73. The van der Waals surface area contributed by atoms with Gasteiger partial charge in [0.25, 0.3) is 5.91 Å². The SMILES string of the molecule is CNCc1cccc(NC(=O)c2ccc(OC)cc2)c1. The summed E-state index contributed by atoms with van der Waals surface area (Å²) < 4.78 is 5.07. The monoisotopic (exact) mass is 270 g/mol. The second-order valence-corrected chi connectivity index (χ2v) is 4.41. The number of carbonyl (C=O) groups excluding carboxylic acids is 1. The minimum absolute atomic E-state index is 0.130. The summed E-state index contributed by atoms with van der Waals surface area (Å²) in [5.41, 5.74) is 2.52. The molecule has 0 aliphatic rings. The van der Waals surface area contributed by atoms with Crippen LogP contribution in [0.4, 0.5) is 5.69 Å². The number of carbonyl (C=O) groups is 1. The molecule has 0 fully saturated rings. The molecule has 0 atom stereocenters. The third-order valence-corrected chi connectivity index (χ3v) is 2.92. The van der Waals surface area contributed by atoms with Gasteiger partial charge in [0.05, 0.1) is 7.11 Å². The maximum atomic E-state index is 12.1. The van der Waals surface area contributed by atoms with Crippen LogP contribution in [0.1, 0.15) is 15.9 Å². The molecule has 1 amide bonds. The van der Waals surface area contributed by atoms with Crippen LogP contribution in [0.25, 0.3) is 0 Å². The van der Waals surface area contributed by atoms with Gasteiger partial charge in [-0.2, -0.15) is 0 Å². The van der Waals surface area contributed by atoms with Gasteiger partial charge in [-0.05, 0) is 49.0 Å². The van der Waals surface area contributed by atoms with Crippen LogP contribution in [-0.2, 0) is 6.54 Å². The highest BCUT2D eigenvalue weighted by Crippen LogP contribution is 2.15. The van der Waals surface area contributed by atoms with Crippen molar-refractivity contribution < 1.29 is 9.53 Å². The topological polar surface area (TPSA) is 50.4 Å². The Hall–Kier alpha value is -2.33. The average Bonchev–Trinajstić information content (AvgIpc) is 2.48. The van der Waals surface area contributed by atoms with E-state index in [0.29, 0.717) is 5.56 Å². The second-order valence-electron chi connectivity index (χ2n) is 4.41. The van der Waals surface area contributed by atoms with Gasteiger partial charge in [0.1, 0.15) is 5.75 Å². The summed E-state index contributed by atoms with van der Waals surface area (Å²) in [6, 6.07) is 14.8. The summed E-state index contributed by atoms with van der Waals surface area (Å²) in [5, 5.41) is 5.97. The molecule has 0 radical (unpaired) electrons. The first kappa shape index (κ1) is 14.1. The number of hydrogen-bond donors (Lipinski definition) is 2. The van der Waals surface area contributed by atoms with Crippen LogP contribution >= 0.6 is 0 Å². The highest BCUT2D eigenvalue weighted by Gasteiger charge is 2.06. The Kier molecular flexibility index (Phi) is 4.74. The van der Waals surface area contributed by atoms with Crippen molar-refractivity contribution in [3.8, 4) is 5.75 Å². The zero-order chi connectivity index (χ0) is 14.4. The molecule has 0 bridgehead atoms. The summed E-state index contributed by atoms with van der Waals surface area (Å²) in [6.07, 6.45) is 0. The van der Waals surface area contributed by atoms with Crippen molar-refractivity contribution in [1.82, 2.24) is 5.32 Å². The molecule has 2 rings (SSSR count). The Balaban J connectivity index is 2.08. The van der Waals surface area contributed by atoms with Gasteiger partial charge in [-0.1, -0.05) is 12.1 Å². The molecule has 0 saturated heterocycles. The first-order valence-corrected chi connectivity index (χ1v) is 6.42. The zero-order valence-corrected chi connectivity index (χ0v) is 11.6. The fraction of sp³-hybridized carbons (Fsp3) is 0.188. The van der Waals surface area contributed by atoms with Crippen LogP contribution < -0.4 is 15.4 Å². The van der Waals surface area contributed by atoms with E-state index in [1.165, 1.54) is 0 Å². The first-order chi connectivity index (χ1) is 9.72. The highest BCUT2D eigenvalue weighted by atomic mass is 16.5. The Labute approximate surface area is 118 Å². The van der Waals surface area contributed by atoms with Crippen LogP contribution in [0.5, 0.6) is 5.75 Å². The lowest BCUT2D eigenvalue weighted by Crippen LogP contribution is -2.12. The van der Waals surface area contributed by atoms with Gasteiger partial charge in [-0.25, -0.2) is 0 Å². The fourth-order valence-corrected chi connectivity index (χ4v) is 1.91. The smallest absolute Gasteiger partial charge is 0.255 e. The minimum Gasteiger partial charge on any atom is -0.497 e. The van der Waals surface area contributed by atoms with E-state index in [9.17, 15) is 4.79 Å². The van der Waals surface area contributed by atoms with Gasteiger partial charge in [0, 0.05) is 17.8 Å². The largest absolute Gasteiger partial charge is 0.497 e. The van der Waals surface area contributed by atoms with Crippen molar-refractivity contribution in [2.45, 2.75) is 6.54 Å². The molecule has 0 aliphatic carbocycles. The minimum atomic E-state index is -0.130. The highest BCUT2D eigenvalue weighted by molar-refractivity contribution is 6.04. The van der Waals surface area contributed by atoms with Gasteiger partial charge in [-0.15, -0.1) is 0 Å². The summed E-state index contributed by atoms with van der Waals surface area (Å²) in [7, 11) is 3.49. The molecular formula is C16H18N2O2. The molecule has 0 aromatic heterocycles. The number of ether oxygens (including phenoxy) is 1. The maximum Gasteiger partial charge on any atom is 0.255 e. The lowest BCUT2D eigenvalue weighted by molar-refractivity contribution is 0.102. The molecule has 104 valence electrons. The van der Waals surface area contributed by atoms with Crippen LogP contribution in [0.15, 0.2) is 48.5 Å². The van der Waals surface area contributed by atoms with E-state index >= 15 is 0 Å². The van der Waals surface area contributed by atoms with Crippen LogP contribution in [-0.4, -0.2) is 20.1 Å². The molecular weight excluding hydrogens is 252 g/mol. The predicted octanol–water partition coefficient (Wildman–Crippen LogP) is 2.67. The summed E-state index contributed by atoms with van der Waals surface area (Å²) in [4.78, 5) is 12.1. The Morgan fingerprint density at radius 3 is 2.55 bits per heavy atom. The summed E-state index contributed by atoms with van der Waals surface area (Å²) in [5.74, 6) is 0.604. The quantitative estimate of drug-likeness (QED) is 0.878. The number of hydrogen-bond acceptors (Lipinski definition) is 3. The fourth-order valence-electron chi connectivity index (χ4n) is 1.91. The third-order valence-electron chi connectivity index (χ3n) is 2.92. The number of nitrogens with one attached hydrogen (secondary N) is 2. The van der Waals surface area contributed by atoms with Gasteiger partial charge < -0.3 is 15.4 Å². The number of rotatable bonds is 5. The standard InChI is InChI=1S/C16H18N2O2/c1-17-11-12-4-3-5-14(10-12)18-16(19)13-6-8-15(20-2)9-7-13/h3-10,17H,11H2,1-2H3,(H,18,19). The molecule has 20 heavy (non-hydrogen) atoms. The van der Waals surface area contributed by atoms with Crippen molar-refractivity contribution in [3.05, 3.63) is 59.7 Å². The van der Waals surface area contributed by atoms with E-state index in [1.807, 2.05) is 31.3 Å². The molecule has 0 saturated carbocycles. The van der Waals surface area contributed by atoms with Crippen LogP contribution in [0, 0.1) is 0 Å². The van der Waals surface area contributed by atoms with E-state index < -0.39 is 0 Å². The molecule has 4 nitrogen and oxygen atoms in total. The van der Waals surface area contributed by atoms with Crippen molar-refractivity contribution >= 4 is 11.6 Å². The lowest BCUT2D eigenvalue weighted by atomic mass is 10.1. The van der Waals surface area contributed by atoms with Crippen molar-refractivity contribution in [1.29, 1.82) is 0 Å². The molecule has 0 spiro atoms. The third kappa shape index (κ3) is 3.59. The Morgan fingerprint density at radius 1 is 1.15 bits per heavy atom. The molecule has 0 unspecified atom stereocenters. The van der Waals surface area contributed by atoms with E-state index in [-0.39, 0.29) is 5.91 Å². The van der Waals surface area contributed by atoms with Crippen molar-refractivity contribution in [2.24, 2.45) is 0 Å². The number of amides is 1. The molecule has 2 aromatic rings. The normalized spacial score (nSPS) is 10.1. The van der Waals surface area contributed by atoms with E-state index in [2.05, 4.69) is 10.6 Å². The molecule has 2 N–H and O–H groups in total. The predicted molar refractivity (Wildman–Crippen MR) is 80.2 cm³/mol. The number of benzene rings is 2. The zero-order valence-electron chi connectivity index (χ0n) is 11.6. The van der Waals surface area contributed by atoms with E-state index in [0.717, 1.165) is 23.5 Å². The lowest BCUT2D eigenvalue weighted by Gasteiger charge is -2.08. The molecule has 4 heteroatoms. The van der Waals surface area contributed by atoms with Gasteiger partial charge in [-0.3, -0.25) is 4.79 Å². The maximum absolute atomic E-state index is 12.1. The van der Waals surface area contributed by atoms with Crippen LogP contribution in [0.2, 0.25) is 0 Å². The first-order valence-electron chi connectivity index (χ1n) is 6.42. The average molecular weight is 270 g/mol. The molecule has 0 aliphatic heterocycles.